The molecule has 0 saturated heterocycles. The first-order valence-electron chi connectivity index (χ1n) is 6.02. The predicted octanol–water partition coefficient (Wildman–Crippen LogP) is 0.351. The number of urea groups is 1. The highest BCUT2D eigenvalue weighted by Crippen LogP contribution is 2.14. The second kappa shape index (κ2) is 7.17. The predicted molar refractivity (Wildman–Crippen MR) is 69.1 cm³/mol. The van der Waals surface area contributed by atoms with E-state index < -0.39 is 17.9 Å². The fourth-order valence-electron chi connectivity index (χ4n) is 1.54. The van der Waals surface area contributed by atoms with Gasteiger partial charge in [0.15, 0.2) is 0 Å². The summed E-state index contributed by atoms with van der Waals surface area (Å²) in [4.78, 5) is 32.7. The third kappa shape index (κ3) is 5.01. The number of hydrogen-bond donors (Lipinski definition) is 4. The van der Waals surface area contributed by atoms with Crippen molar-refractivity contribution in [2.75, 3.05) is 6.54 Å². The molecule has 5 N–H and O–H groups in total. The van der Waals surface area contributed by atoms with Crippen molar-refractivity contribution in [1.29, 1.82) is 0 Å². The van der Waals surface area contributed by atoms with Gasteiger partial charge in [0, 0.05) is 13.0 Å². The summed E-state index contributed by atoms with van der Waals surface area (Å²) in [6, 6.07) is 0.936. The average molecular weight is 283 g/mol. The molecule has 8 nitrogen and oxygen atoms in total. The van der Waals surface area contributed by atoms with Crippen LogP contribution in [0.3, 0.4) is 0 Å². The van der Waals surface area contributed by atoms with Gasteiger partial charge in [0.1, 0.15) is 17.1 Å². The lowest BCUT2D eigenvalue weighted by atomic mass is 10.2. The molecule has 8 heteroatoms. The van der Waals surface area contributed by atoms with Crippen LogP contribution >= 0.6 is 0 Å². The summed E-state index contributed by atoms with van der Waals surface area (Å²) in [6.45, 7) is 1.94. The molecular weight excluding hydrogens is 266 g/mol. The number of carboxylic acids is 1. The molecule has 0 aromatic carbocycles. The van der Waals surface area contributed by atoms with E-state index in [1.165, 1.54) is 13.0 Å². The Kier molecular flexibility index (Phi) is 5.57. The van der Waals surface area contributed by atoms with Crippen molar-refractivity contribution >= 4 is 17.9 Å². The quantitative estimate of drug-likeness (QED) is 0.535. The van der Waals surface area contributed by atoms with Crippen molar-refractivity contribution in [3.8, 4) is 0 Å². The second-order valence-electron chi connectivity index (χ2n) is 4.17. The molecular formula is C12H17N3O5. The van der Waals surface area contributed by atoms with Crippen LogP contribution in [0.5, 0.6) is 0 Å². The van der Waals surface area contributed by atoms with E-state index in [9.17, 15) is 14.4 Å². The first-order valence-corrected chi connectivity index (χ1v) is 6.02. The van der Waals surface area contributed by atoms with Gasteiger partial charge in [-0.25, -0.2) is 9.59 Å². The maximum Gasteiger partial charge on any atom is 0.339 e. The maximum absolute atomic E-state index is 11.4. The second-order valence-corrected chi connectivity index (χ2v) is 4.17. The lowest BCUT2D eigenvalue weighted by molar-refractivity contribution is -0.118. The van der Waals surface area contributed by atoms with Gasteiger partial charge in [-0.1, -0.05) is 0 Å². The van der Waals surface area contributed by atoms with E-state index in [0.717, 1.165) is 0 Å². The molecule has 0 aliphatic carbocycles. The number of aryl methyl sites for hydroxylation is 1. The van der Waals surface area contributed by atoms with Crippen molar-refractivity contribution < 1.29 is 23.9 Å². The average Bonchev–Trinajstić information content (AvgIpc) is 2.73. The third-order valence-corrected chi connectivity index (χ3v) is 2.51. The van der Waals surface area contributed by atoms with E-state index in [0.29, 0.717) is 18.7 Å². The first-order chi connectivity index (χ1) is 9.40. The largest absolute Gasteiger partial charge is 0.478 e. The van der Waals surface area contributed by atoms with Crippen LogP contribution in [0.1, 0.15) is 34.7 Å². The van der Waals surface area contributed by atoms with Crippen LogP contribution in [-0.2, 0) is 11.3 Å². The standard InChI is InChI=1S/C12H17N3O5/c1-7-9(11(17)18)5-8(20-7)6-15-12(19)14-4-2-3-10(13)16/h5H,2-4,6H2,1H3,(H2,13,16)(H,17,18)(H2,14,15,19). The van der Waals surface area contributed by atoms with Crippen molar-refractivity contribution in [3.05, 3.63) is 23.2 Å². The zero-order chi connectivity index (χ0) is 15.1. The van der Waals surface area contributed by atoms with Crippen LogP contribution in [0.4, 0.5) is 4.79 Å². The van der Waals surface area contributed by atoms with E-state index in [-0.39, 0.29) is 24.3 Å². The van der Waals surface area contributed by atoms with Crippen LogP contribution in [0.2, 0.25) is 0 Å². The van der Waals surface area contributed by atoms with Gasteiger partial charge >= 0.3 is 12.0 Å². The highest BCUT2D eigenvalue weighted by Gasteiger charge is 2.13. The van der Waals surface area contributed by atoms with Crippen LogP contribution < -0.4 is 16.4 Å². The summed E-state index contributed by atoms with van der Waals surface area (Å²) in [5.41, 5.74) is 5.03. The van der Waals surface area contributed by atoms with Gasteiger partial charge in [-0.3, -0.25) is 4.79 Å². The number of amides is 3. The Morgan fingerprint density at radius 3 is 2.60 bits per heavy atom. The van der Waals surface area contributed by atoms with Gasteiger partial charge in [-0.2, -0.15) is 0 Å². The summed E-state index contributed by atoms with van der Waals surface area (Å²) in [6.07, 6.45) is 0.672. The SMILES string of the molecule is Cc1oc(CNC(=O)NCCCC(N)=O)cc1C(=O)O. The first kappa shape index (κ1) is 15.5. The molecule has 1 rings (SSSR count). The molecule has 20 heavy (non-hydrogen) atoms. The summed E-state index contributed by atoms with van der Waals surface area (Å²) < 4.78 is 5.20. The minimum atomic E-state index is -1.08. The van der Waals surface area contributed by atoms with E-state index in [4.69, 9.17) is 15.3 Å². The maximum atomic E-state index is 11.4. The van der Waals surface area contributed by atoms with E-state index in [1.807, 2.05) is 0 Å². The molecule has 1 aromatic heterocycles. The Balaban J connectivity index is 2.32. The Morgan fingerprint density at radius 2 is 2.05 bits per heavy atom. The van der Waals surface area contributed by atoms with E-state index >= 15 is 0 Å². The Labute approximate surface area is 115 Å². The molecule has 0 fully saturated rings. The number of hydrogen-bond acceptors (Lipinski definition) is 4. The minimum absolute atomic E-state index is 0.0728. The molecule has 0 radical (unpaired) electrons. The van der Waals surface area contributed by atoms with Gasteiger partial charge in [0.05, 0.1) is 6.54 Å². The smallest absolute Gasteiger partial charge is 0.339 e. The van der Waals surface area contributed by atoms with Gasteiger partial charge in [0.25, 0.3) is 0 Å². The third-order valence-electron chi connectivity index (χ3n) is 2.51. The Bertz CT molecular complexity index is 509. The summed E-state index contributed by atoms with van der Waals surface area (Å²) in [7, 11) is 0. The molecule has 0 aliphatic heterocycles. The van der Waals surface area contributed by atoms with E-state index in [2.05, 4.69) is 10.6 Å². The van der Waals surface area contributed by atoms with Crippen molar-refractivity contribution in [3.63, 3.8) is 0 Å². The lowest BCUT2D eigenvalue weighted by Gasteiger charge is -2.05. The number of carboxylic acid groups (broad SMARTS) is 1. The van der Waals surface area contributed by atoms with Crippen molar-refractivity contribution in [2.45, 2.75) is 26.3 Å². The van der Waals surface area contributed by atoms with Crippen molar-refractivity contribution in [2.24, 2.45) is 5.73 Å². The Morgan fingerprint density at radius 1 is 1.35 bits per heavy atom. The molecule has 1 heterocycles. The number of aromatic carboxylic acids is 1. The molecule has 0 atom stereocenters. The lowest BCUT2D eigenvalue weighted by Crippen LogP contribution is -2.35. The molecule has 0 aliphatic rings. The van der Waals surface area contributed by atoms with Crippen LogP contribution in [-0.4, -0.2) is 29.6 Å². The summed E-state index contributed by atoms with van der Waals surface area (Å²) in [5.74, 6) is -0.851. The van der Waals surface area contributed by atoms with Gasteiger partial charge in [0.2, 0.25) is 5.91 Å². The molecule has 3 amide bonds. The highest BCUT2D eigenvalue weighted by atomic mass is 16.4. The molecule has 1 aromatic rings. The van der Waals surface area contributed by atoms with Gasteiger partial charge < -0.3 is 25.9 Å². The highest BCUT2D eigenvalue weighted by molar-refractivity contribution is 5.88. The van der Waals surface area contributed by atoms with Crippen LogP contribution in [0.15, 0.2) is 10.5 Å². The molecule has 0 bridgehead atoms. The molecule has 0 saturated carbocycles. The number of carbonyl (C=O) groups excluding carboxylic acids is 2. The number of furan rings is 1. The van der Waals surface area contributed by atoms with Gasteiger partial charge in [-0.05, 0) is 19.4 Å². The number of rotatable bonds is 7. The number of nitrogens with two attached hydrogens (primary N) is 1. The fourth-order valence-corrected chi connectivity index (χ4v) is 1.54. The zero-order valence-electron chi connectivity index (χ0n) is 11.1. The number of nitrogens with one attached hydrogen (secondary N) is 2. The number of primary amides is 1. The fraction of sp³-hybridized carbons (Fsp3) is 0.417. The van der Waals surface area contributed by atoms with Crippen LogP contribution in [0.25, 0.3) is 0 Å². The van der Waals surface area contributed by atoms with Gasteiger partial charge in [-0.15, -0.1) is 0 Å². The van der Waals surface area contributed by atoms with E-state index in [1.54, 1.807) is 0 Å². The van der Waals surface area contributed by atoms with Crippen LogP contribution in [0, 0.1) is 6.92 Å². The normalized spacial score (nSPS) is 10.1. The molecule has 0 spiro atoms. The summed E-state index contributed by atoms with van der Waals surface area (Å²) in [5, 5.41) is 13.9. The molecule has 0 unspecified atom stereocenters. The summed E-state index contributed by atoms with van der Waals surface area (Å²) >= 11 is 0. The molecule has 110 valence electrons. The number of carbonyl (C=O) groups is 3. The van der Waals surface area contributed by atoms with Crippen molar-refractivity contribution in [1.82, 2.24) is 10.6 Å². The topological polar surface area (TPSA) is 135 Å². The monoisotopic (exact) mass is 283 g/mol. The minimum Gasteiger partial charge on any atom is -0.478 e. The Hall–Kier alpha value is -2.51. The zero-order valence-corrected chi connectivity index (χ0v) is 11.1.